The van der Waals surface area contributed by atoms with Gasteiger partial charge in [0.05, 0.1) is 12.2 Å². The molecule has 5 heteroatoms. The summed E-state index contributed by atoms with van der Waals surface area (Å²) in [5.41, 5.74) is 1.85. The molecule has 0 aliphatic carbocycles. The van der Waals surface area contributed by atoms with Crippen molar-refractivity contribution >= 4 is 17.3 Å². The van der Waals surface area contributed by atoms with Crippen LogP contribution in [-0.4, -0.2) is 32.2 Å². The quantitative estimate of drug-likeness (QED) is 0.913. The van der Waals surface area contributed by atoms with Gasteiger partial charge in [-0.1, -0.05) is 0 Å². The predicted molar refractivity (Wildman–Crippen MR) is 77.5 cm³/mol. The van der Waals surface area contributed by atoms with Crippen LogP contribution >= 0.6 is 0 Å². The zero-order valence-corrected chi connectivity index (χ0v) is 11.6. The van der Waals surface area contributed by atoms with Gasteiger partial charge in [0.15, 0.2) is 0 Å². The number of carbonyl (C=O) groups is 1. The van der Waals surface area contributed by atoms with Crippen LogP contribution < -0.4 is 10.2 Å². The Labute approximate surface area is 119 Å². The minimum absolute atomic E-state index is 0.122. The summed E-state index contributed by atoms with van der Waals surface area (Å²) in [5.74, 6) is -0.280. The molecule has 0 bridgehead atoms. The van der Waals surface area contributed by atoms with E-state index in [2.05, 4.69) is 10.2 Å². The maximum atomic E-state index is 11.3. The van der Waals surface area contributed by atoms with E-state index in [1.807, 2.05) is 30.3 Å². The van der Waals surface area contributed by atoms with Gasteiger partial charge in [-0.3, -0.25) is 4.79 Å². The molecule has 0 radical (unpaired) electrons. The molecule has 1 saturated heterocycles. The minimum Gasteiger partial charge on any atom is -0.380 e. The van der Waals surface area contributed by atoms with Crippen LogP contribution in [0.4, 0.5) is 11.4 Å². The molecule has 0 aromatic heterocycles. The van der Waals surface area contributed by atoms with Gasteiger partial charge in [0.1, 0.15) is 6.42 Å². The highest BCUT2D eigenvalue weighted by atomic mass is 16.5. The van der Waals surface area contributed by atoms with Crippen LogP contribution in [-0.2, 0) is 9.53 Å². The molecule has 1 aromatic carbocycles. The molecule has 0 spiro atoms. The van der Waals surface area contributed by atoms with Gasteiger partial charge in [0.25, 0.3) is 0 Å². The molecule has 106 valence electrons. The second-order valence-corrected chi connectivity index (χ2v) is 4.88. The molecule has 1 atom stereocenters. The molecular weight excluding hydrogens is 254 g/mol. The molecule has 0 saturated carbocycles. The summed E-state index contributed by atoms with van der Waals surface area (Å²) in [5, 5.41) is 11.1. The van der Waals surface area contributed by atoms with Crippen LogP contribution in [0.3, 0.4) is 0 Å². The molecule has 2 rings (SSSR count). The van der Waals surface area contributed by atoms with E-state index >= 15 is 0 Å². The fourth-order valence-electron chi connectivity index (χ4n) is 2.40. The van der Waals surface area contributed by atoms with Gasteiger partial charge in [-0.2, -0.15) is 5.26 Å². The largest absolute Gasteiger partial charge is 0.380 e. The second-order valence-electron chi connectivity index (χ2n) is 4.88. The lowest BCUT2D eigenvalue weighted by molar-refractivity contribution is -0.115. The maximum absolute atomic E-state index is 11.3. The highest BCUT2D eigenvalue weighted by Crippen LogP contribution is 2.22. The van der Waals surface area contributed by atoms with Crippen LogP contribution in [0.25, 0.3) is 0 Å². The molecule has 1 N–H and O–H groups in total. The first kappa shape index (κ1) is 14.4. The number of nitrogens with zero attached hydrogens (tertiary/aromatic N) is 2. The summed E-state index contributed by atoms with van der Waals surface area (Å²) < 4.78 is 5.42. The molecule has 5 nitrogen and oxygen atoms in total. The van der Waals surface area contributed by atoms with E-state index in [1.54, 1.807) is 7.11 Å². The SMILES string of the molecule is COC1CCCN(c2ccc(NC(=O)CC#N)cc2)C1. The Kier molecular flexibility index (Phi) is 4.97. The van der Waals surface area contributed by atoms with Gasteiger partial charge in [-0.05, 0) is 37.1 Å². The van der Waals surface area contributed by atoms with E-state index in [4.69, 9.17) is 10.00 Å². The molecule has 1 amide bonds. The van der Waals surface area contributed by atoms with Crippen molar-refractivity contribution < 1.29 is 9.53 Å². The summed E-state index contributed by atoms with van der Waals surface area (Å²) in [7, 11) is 1.75. The number of nitriles is 1. The van der Waals surface area contributed by atoms with Crippen LogP contribution in [0, 0.1) is 11.3 Å². The number of amides is 1. The van der Waals surface area contributed by atoms with Crippen LogP contribution in [0.5, 0.6) is 0 Å². The van der Waals surface area contributed by atoms with E-state index in [0.717, 1.165) is 31.6 Å². The number of rotatable bonds is 4. The van der Waals surface area contributed by atoms with Gasteiger partial charge >= 0.3 is 0 Å². The Balaban J connectivity index is 1.97. The molecule has 1 aromatic rings. The number of nitrogens with one attached hydrogen (secondary N) is 1. The predicted octanol–water partition coefficient (Wildman–Crippen LogP) is 2.15. The highest BCUT2D eigenvalue weighted by Gasteiger charge is 2.19. The lowest BCUT2D eigenvalue weighted by atomic mass is 10.1. The van der Waals surface area contributed by atoms with Gasteiger partial charge < -0.3 is 15.0 Å². The maximum Gasteiger partial charge on any atom is 0.238 e. The Morgan fingerprint density at radius 2 is 2.25 bits per heavy atom. The molecule has 1 unspecified atom stereocenters. The van der Waals surface area contributed by atoms with E-state index < -0.39 is 0 Å². The average Bonchev–Trinajstić information content (AvgIpc) is 2.48. The third-order valence-electron chi connectivity index (χ3n) is 3.47. The van der Waals surface area contributed by atoms with Gasteiger partial charge in [0, 0.05) is 31.6 Å². The zero-order valence-electron chi connectivity index (χ0n) is 11.6. The number of methoxy groups -OCH3 is 1. The molecule has 20 heavy (non-hydrogen) atoms. The smallest absolute Gasteiger partial charge is 0.238 e. The normalized spacial score (nSPS) is 18.4. The number of benzene rings is 1. The Morgan fingerprint density at radius 1 is 1.50 bits per heavy atom. The van der Waals surface area contributed by atoms with Crippen molar-refractivity contribution in [1.29, 1.82) is 5.26 Å². The number of anilines is 2. The Bertz CT molecular complexity index is 493. The van der Waals surface area contributed by atoms with Crippen molar-refractivity contribution in [3.8, 4) is 6.07 Å². The second kappa shape index (κ2) is 6.92. The minimum atomic E-state index is -0.280. The fraction of sp³-hybridized carbons (Fsp3) is 0.467. The summed E-state index contributed by atoms with van der Waals surface area (Å²) >= 11 is 0. The molecule has 1 aliphatic heterocycles. The Hall–Kier alpha value is -2.06. The molecule has 1 fully saturated rings. The zero-order chi connectivity index (χ0) is 14.4. The highest BCUT2D eigenvalue weighted by molar-refractivity contribution is 5.92. The van der Waals surface area contributed by atoms with Crippen LogP contribution in [0.1, 0.15) is 19.3 Å². The summed E-state index contributed by atoms with van der Waals surface area (Å²) in [6.07, 6.45) is 2.40. The van der Waals surface area contributed by atoms with Crippen molar-refractivity contribution in [3.05, 3.63) is 24.3 Å². The third kappa shape index (κ3) is 3.72. The topological polar surface area (TPSA) is 65.4 Å². The average molecular weight is 273 g/mol. The van der Waals surface area contributed by atoms with Crippen molar-refractivity contribution in [3.63, 3.8) is 0 Å². The summed E-state index contributed by atoms with van der Waals surface area (Å²) in [6.45, 7) is 1.93. The van der Waals surface area contributed by atoms with Crippen molar-refractivity contribution in [2.75, 3.05) is 30.4 Å². The van der Waals surface area contributed by atoms with Gasteiger partial charge in [-0.15, -0.1) is 0 Å². The van der Waals surface area contributed by atoms with Crippen molar-refractivity contribution in [2.24, 2.45) is 0 Å². The lowest BCUT2D eigenvalue weighted by Crippen LogP contribution is -2.39. The van der Waals surface area contributed by atoms with E-state index in [9.17, 15) is 4.79 Å². The third-order valence-corrected chi connectivity index (χ3v) is 3.47. The first-order valence-corrected chi connectivity index (χ1v) is 6.77. The van der Waals surface area contributed by atoms with E-state index in [1.165, 1.54) is 0 Å². The number of hydrogen-bond donors (Lipinski definition) is 1. The molecule has 1 heterocycles. The lowest BCUT2D eigenvalue weighted by Gasteiger charge is -2.33. The first-order chi connectivity index (χ1) is 9.72. The molecule has 1 aliphatic rings. The monoisotopic (exact) mass is 273 g/mol. The summed E-state index contributed by atoms with van der Waals surface area (Å²) in [6, 6.07) is 9.52. The van der Waals surface area contributed by atoms with Crippen molar-refractivity contribution in [1.82, 2.24) is 0 Å². The summed E-state index contributed by atoms with van der Waals surface area (Å²) in [4.78, 5) is 13.6. The van der Waals surface area contributed by atoms with E-state index in [0.29, 0.717) is 11.8 Å². The van der Waals surface area contributed by atoms with Crippen molar-refractivity contribution in [2.45, 2.75) is 25.4 Å². The van der Waals surface area contributed by atoms with Gasteiger partial charge in [-0.25, -0.2) is 0 Å². The van der Waals surface area contributed by atoms with Crippen LogP contribution in [0.15, 0.2) is 24.3 Å². The number of piperidine rings is 1. The number of hydrogen-bond acceptors (Lipinski definition) is 4. The standard InChI is InChI=1S/C15H19N3O2/c1-20-14-3-2-10-18(11-14)13-6-4-12(5-7-13)17-15(19)8-9-16/h4-7,14H,2-3,8,10-11H2,1H3,(H,17,19). The van der Waals surface area contributed by atoms with Crippen LogP contribution in [0.2, 0.25) is 0 Å². The number of ether oxygens (including phenoxy) is 1. The first-order valence-electron chi connectivity index (χ1n) is 6.77. The fourth-order valence-corrected chi connectivity index (χ4v) is 2.40. The van der Waals surface area contributed by atoms with Gasteiger partial charge in [0.2, 0.25) is 5.91 Å². The Morgan fingerprint density at radius 3 is 2.90 bits per heavy atom. The molecular formula is C15H19N3O2. The van der Waals surface area contributed by atoms with E-state index in [-0.39, 0.29) is 12.3 Å². The number of carbonyl (C=O) groups excluding carboxylic acids is 1.